The quantitative estimate of drug-likeness (QED) is 0.728. The van der Waals surface area contributed by atoms with Crippen LogP contribution in [0.2, 0.25) is 0 Å². The van der Waals surface area contributed by atoms with Gasteiger partial charge >= 0.3 is 6.09 Å². The number of likely N-dealkylation sites (tertiary alicyclic amines) is 1. The van der Waals surface area contributed by atoms with Gasteiger partial charge in [-0.15, -0.1) is 0 Å². The Morgan fingerprint density at radius 1 is 1.37 bits per heavy atom. The molecule has 1 aromatic rings. The van der Waals surface area contributed by atoms with Crippen molar-refractivity contribution in [3.05, 3.63) is 28.2 Å². The van der Waals surface area contributed by atoms with Crippen molar-refractivity contribution >= 4 is 33.0 Å². The van der Waals surface area contributed by atoms with E-state index in [1.54, 1.807) is 4.90 Å². The Morgan fingerprint density at radius 2 is 2.04 bits per heavy atom. The Kier molecular flexibility index (Phi) is 5.89. The largest absolute Gasteiger partial charge is 0.487 e. The first-order valence-corrected chi connectivity index (χ1v) is 11.1. The van der Waals surface area contributed by atoms with Crippen LogP contribution in [0.1, 0.15) is 51.6 Å². The number of hydrogen-bond acceptors (Lipinski definition) is 4. The molecule has 3 rings (SSSR count). The molecule has 1 N–H and O–H groups in total. The van der Waals surface area contributed by atoms with E-state index in [1.807, 2.05) is 39.0 Å². The highest BCUT2D eigenvalue weighted by atomic mass is 79.9. The third-order valence-electron chi connectivity index (χ3n) is 5.16. The molecule has 2 atom stereocenters. The highest BCUT2D eigenvalue weighted by molar-refractivity contribution is 9.10. The van der Waals surface area contributed by atoms with Crippen molar-refractivity contribution in [2.24, 2.45) is 0 Å². The monoisotopic (exact) mass is 458 g/mol. The average Bonchev–Trinajstić information content (AvgIpc) is 2.61. The van der Waals surface area contributed by atoms with Crippen molar-refractivity contribution in [3.63, 3.8) is 0 Å². The molecule has 1 spiro atoms. The van der Waals surface area contributed by atoms with Crippen molar-refractivity contribution in [2.45, 2.75) is 56.4 Å². The summed E-state index contributed by atoms with van der Waals surface area (Å²) in [6, 6.07) is 5.88. The first kappa shape index (κ1) is 20.6. The number of hydrogen-bond donors (Lipinski definition) is 1. The maximum absolute atomic E-state index is 12.8. The molecule has 0 bridgehead atoms. The van der Waals surface area contributed by atoms with Gasteiger partial charge in [0.05, 0.1) is 28.9 Å². The minimum atomic E-state index is -1.19. The van der Waals surface area contributed by atoms with E-state index in [0.717, 1.165) is 28.6 Å². The summed E-state index contributed by atoms with van der Waals surface area (Å²) in [5.41, 5.74) is 0.647. The van der Waals surface area contributed by atoms with Gasteiger partial charge in [-0.3, -0.25) is 0 Å². The number of methoxy groups -OCH3 is 1. The molecule has 150 valence electrons. The van der Waals surface area contributed by atoms with Gasteiger partial charge in [-0.25, -0.2) is 13.7 Å². The smallest absolute Gasteiger partial charge is 0.409 e. The Hall–Kier alpha value is -1.12. The van der Waals surface area contributed by atoms with Gasteiger partial charge in [0.2, 0.25) is 0 Å². The second-order valence-corrected chi connectivity index (χ2v) is 11.1. The number of benzene rings is 1. The molecular formula is C19H27BrN2O4S. The van der Waals surface area contributed by atoms with Crippen molar-refractivity contribution in [3.8, 4) is 5.75 Å². The molecule has 1 fully saturated rings. The van der Waals surface area contributed by atoms with Crippen LogP contribution in [-0.2, 0) is 15.7 Å². The number of fused-ring (bicyclic) bond motifs is 1. The van der Waals surface area contributed by atoms with Gasteiger partial charge in [0.1, 0.15) is 11.4 Å². The fourth-order valence-corrected chi connectivity index (χ4v) is 4.79. The third-order valence-corrected chi connectivity index (χ3v) is 7.27. The van der Waals surface area contributed by atoms with Crippen molar-refractivity contribution < 1.29 is 18.5 Å². The highest BCUT2D eigenvalue weighted by Gasteiger charge is 2.45. The molecule has 0 radical (unpaired) electrons. The molecule has 2 aliphatic heterocycles. The number of piperidine rings is 1. The lowest BCUT2D eigenvalue weighted by Crippen LogP contribution is -2.53. The maximum Gasteiger partial charge on any atom is 0.409 e. The fourth-order valence-electron chi connectivity index (χ4n) is 3.58. The Morgan fingerprint density at radius 3 is 2.63 bits per heavy atom. The van der Waals surface area contributed by atoms with Crippen LogP contribution in [0.4, 0.5) is 4.79 Å². The second kappa shape index (κ2) is 7.72. The first-order valence-electron chi connectivity index (χ1n) is 9.13. The number of nitrogens with zero attached hydrogens (tertiary/aromatic N) is 1. The van der Waals surface area contributed by atoms with E-state index in [0.29, 0.717) is 19.5 Å². The fraction of sp³-hybridized carbons (Fsp3) is 0.632. The molecule has 0 unspecified atom stereocenters. The topological polar surface area (TPSA) is 67.9 Å². The molecule has 8 heteroatoms. The number of carbonyl (C=O) groups is 1. The first-order chi connectivity index (χ1) is 12.6. The molecule has 6 nitrogen and oxygen atoms in total. The van der Waals surface area contributed by atoms with Crippen LogP contribution in [0.25, 0.3) is 0 Å². The Balaban J connectivity index is 1.85. The lowest BCUT2D eigenvalue weighted by molar-refractivity contribution is -0.0206. The number of ether oxygens (including phenoxy) is 2. The predicted octanol–water partition coefficient (Wildman–Crippen LogP) is 3.93. The lowest BCUT2D eigenvalue weighted by Gasteiger charge is -2.46. The van der Waals surface area contributed by atoms with Gasteiger partial charge in [-0.1, -0.05) is 15.9 Å². The van der Waals surface area contributed by atoms with Gasteiger partial charge in [-0.05, 0) is 39.0 Å². The molecule has 1 amide bonds. The zero-order valence-electron chi connectivity index (χ0n) is 16.2. The summed E-state index contributed by atoms with van der Waals surface area (Å²) in [7, 11) is 0.211. The number of rotatable bonds is 2. The molecule has 2 aliphatic rings. The Bertz CT molecular complexity index is 742. The van der Waals surface area contributed by atoms with Gasteiger partial charge in [0.15, 0.2) is 0 Å². The predicted molar refractivity (Wildman–Crippen MR) is 109 cm³/mol. The van der Waals surface area contributed by atoms with Crippen molar-refractivity contribution in [1.82, 2.24) is 9.62 Å². The van der Waals surface area contributed by atoms with Crippen LogP contribution < -0.4 is 9.46 Å². The van der Waals surface area contributed by atoms with Crippen LogP contribution in [0.15, 0.2) is 22.7 Å². The molecule has 0 saturated carbocycles. The highest BCUT2D eigenvalue weighted by Crippen LogP contribution is 2.45. The van der Waals surface area contributed by atoms with E-state index in [1.165, 1.54) is 7.11 Å². The van der Waals surface area contributed by atoms with Gasteiger partial charge < -0.3 is 14.4 Å². The standard InChI is InChI=1S/C19H27BrN2O4S/c1-18(2,3)27(24)21-15-12-19(7-9-22(10-8-19)17(23)25-4)26-16-6-5-13(20)11-14(15)16/h5-6,11,15,21H,7-10,12H2,1-4H3/t15-,27-/m0/s1. The summed E-state index contributed by atoms with van der Waals surface area (Å²) in [5.74, 6) is 0.819. The van der Waals surface area contributed by atoms with E-state index >= 15 is 0 Å². The van der Waals surface area contributed by atoms with E-state index in [-0.39, 0.29) is 22.5 Å². The molecule has 1 saturated heterocycles. The van der Waals surface area contributed by atoms with E-state index in [9.17, 15) is 9.00 Å². The van der Waals surface area contributed by atoms with Gasteiger partial charge in [-0.2, -0.15) is 0 Å². The van der Waals surface area contributed by atoms with Gasteiger partial charge in [0, 0.05) is 42.4 Å². The van der Waals surface area contributed by atoms with Crippen LogP contribution >= 0.6 is 15.9 Å². The third kappa shape index (κ3) is 4.49. The molecule has 0 aromatic heterocycles. The van der Waals surface area contributed by atoms with Crippen LogP contribution in [-0.4, -0.2) is 45.7 Å². The minimum Gasteiger partial charge on any atom is -0.487 e. The number of carbonyl (C=O) groups excluding carboxylic acids is 1. The van der Waals surface area contributed by atoms with E-state index in [2.05, 4.69) is 20.7 Å². The summed E-state index contributed by atoms with van der Waals surface area (Å²) in [5, 5.41) is 0. The zero-order chi connectivity index (χ0) is 19.8. The van der Waals surface area contributed by atoms with Crippen molar-refractivity contribution in [2.75, 3.05) is 20.2 Å². The molecule has 1 aromatic carbocycles. The van der Waals surface area contributed by atoms with Gasteiger partial charge in [0.25, 0.3) is 0 Å². The number of halogens is 1. The van der Waals surface area contributed by atoms with Crippen molar-refractivity contribution in [1.29, 1.82) is 0 Å². The second-order valence-electron chi connectivity index (χ2n) is 8.18. The van der Waals surface area contributed by atoms with E-state index in [4.69, 9.17) is 9.47 Å². The lowest BCUT2D eigenvalue weighted by atomic mass is 9.81. The van der Waals surface area contributed by atoms with Crippen LogP contribution in [0.3, 0.4) is 0 Å². The summed E-state index contributed by atoms with van der Waals surface area (Å²) in [6.45, 7) is 7.06. The summed E-state index contributed by atoms with van der Waals surface area (Å²) in [6.07, 6.45) is 1.86. The summed E-state index contributed by atoms with van der Waals surface area (Å²) >= 11 is 3.53. The number of amides is 1. The minimum absolute atomic E-state index is 0.0732. The molecule has 2 heterocycles. The molecule has 27 heavy (non-hydrogen) atoms. The Labute approximate surface area is 171 Å². The molecular weight excluding hydrogens is 432 g/mol. The summed E-state index contributed by atoms with van der Waals surface area (Å²) in [4.78, 5) is 13.5. The zero-order valence-corrected chi connectivity index (χ0v) is 18.6. The number of nitrogens with one attached hydrogen (secondary N) is 1. The molecule has 0 aliphatic carbocycles. The SMILES string of the molecule is COC(=O)N1CCC2(CC1)C[C@H](N[S@@](=O)C(C)(C)C)c1cc(Br)ccc1O2. The maximum atomic E-state index is 12.8. The average molecular weight is 459 g/mol. The summed E-state index contributed by atoms with van der Waals surface area (Å²) < 4.78 is 28.0. The van der Waals surface area contributed by atoms with Crippen LogP contribution in [0, 0.1) is 0 Å². The van der Waals surface area contributed by atoms with Crippen LogP contribution in [0.5, 0.6) is 5.75 Å². The van der Waals surface area contributed by atoms with E-state index < -0.39 is 11.0 Å². The normalized spacial score (nSPS) is 22.7.